The zero-order valence-electron chi connectivity index (χ0n) is 9.02. The van der Waals surface area contributed by atoms with Crippen LogP contribution in [0.3, 0.4) is 0 Å². The van der Waals surface area contributed by atoms with Gasteiger partial charge in [0.15, 0.2) is 5.03 Å². The summed E-state index contributed by atoms with van der Waals surface area (Å²) in [5, 5.41) is 8.38. The third-order valence-corrected chi connectivity index (χ3v) is 3.35. The van der Waals surface area contributed by atoms with Gasteiger partial charge in [0, 0.05) is 13.0 Å². The van der Waals surface area contributed by atoms with Gasteiger partial charge >= 0.3 is 0 Å². The van der Waals surface area contributed by atoms with Gasteiger partial charge in [-0.15, -0.1) is 0 Å². The lowest BCUT2D eigenvalue weighted by Crippen LogP contribution is -2.25. The summed E-state index contributed by atoms with van der Waals surface area (Å²) in [5.41, 5.74) is 0. The van der Waals surface area contributed by atoms with Gasteiger partial charge in [0.05, 0.1) is 12.3 Å². The first kappa shape index (κ1) is 12.7. The number of nitrogens with one attached hydrogen (secondary N) is 2. The molecule has 88 valence electrons. The fourth-order valence-corrected chi connectivity index (χ4v) is 2.19. The van der Waals surface area contributed by atoms with E-state index in [1.54, 1.807) is 6.92 Å². The fourth-order valence-electron chi connectivity index (χ4n) is 1.15. The number of hydrogen-bond acceptors (Lipinski definition) is 4. The number of sulfonamides is 1. The minimum Gasteiger partial charge on any atom is -0.332 e. The minimum atomic E-state index is -3.48. The number of H-pyrrole nitrogens is 1. The number of aromatic amines is 1. The number of hydrogen-bond donors (Lipinski definition) is 2. The van der Waals surface area contributed by atoms with Crippen molar-refractivity contribution < 1.29 is 8.42 Å². The molecule has 0 bridgehead atoms. The number of nitrogens with zero attached hydrogens (tertiary/aromatic N) is 2. The quantitative estimate of drug-likeness (QED) is 0.717. The number of nitriles is 1. The van der Waals surface area contributed by atoms with Crippen molar-refractivity contribution in [2.24, 2.45) is 0 Å². The smallest absolute Gasteiger partial charge is 0.257 e. The van der Waals surface area contributed by atoms with Crippen LogP contribution in [0, 0.1) is 18.3 Å². The second-order valence-corrected chi connectivity index (χ2v) is 5.08. The molecule has 0 saturated heterocycles. The number of rotatable bonds is 6. The second-order valence-electron chi connectivity index (χ2n) is 3.35. The highest BCUT2D eigenvalue weighted by Gasteiger charge is 2.15. The van der Waals surface area contributed by atoms with Gasteiger partial charge < -0.3 is 4.98 Å². The summed E-state index contributed by atoms with van der Waals surface area (Å²) in [6.45, 7) is 2.02. The zero-order chi connectivity index (χ0) is 12.0. The van der Waals surface area contributed by atoms with Gasteiger partial charge in [0.1, 0.15) is 5.82 Å². The summed E-state index contributed by atoms with van der Waals surface area (Å²) in [5.74, 6) is 0.560. The Bertz CT molecular complexity index is 472. The van der Waals surface area contributed by atoms with Gasteiger partial charge in [-0.2, -0.15) is 5.26 Å². The molecule has 0 atom stereocenters. The first-order valence-corrected chi connectivity index (χ1v) is 6.43. The Kier molecular flexibility index (Phi) is 4.46. The number of aryl methyl sites for hydroxylation is 1. The molecule has 0 radical (unpaired) electrons. The van der Waals surface area contributed by atoms with Crippen molar-refractivity contribution in [3.63, 3.8) is 0 Å². The van der Waals surface area contributed by atoms with Crippen LogP contribution in [0.2, 0.25) is 0 Å². The van der Waals surface area contributed by atoms with Crippen LogP contribution in [0.5, 0.6) is 0 Å². The average molecular weight is 242 g/mol. The molecule has 0 aromatic carbocycles. The highest BCUT2D eigenvalue weighted by atomic mass is 32.2. The predicted octanol–water partition coefficient (Wildman–Crippen LogP) is 0.690. The summed E-state index contributed by atoms with van der Waals surface area (Å²) < 4.78 is 25.7. The Morgan fingerprint density at radius 2 is 2.31 bits per heavy atom. The molecule has 2 N–H and O–H groups in total. The van der Waals surface area contributed by atoms with Crippen molar-refractivity contribution in [1.29, 1.82) is 5.26 Å². The fraction of sp³-hybridized carbons (Fsp3) is 0.556. The number of aromatic nitrogens is 2. The molecule has 0 amide bonds. The minimum absolute atomic E-state index is 0.0743. The third kappa shape index (κ3) is 3.64. The van der Waals surface area contributed by atoms with Crippen molar-refractivity contribution in [1.82, 2.24) is 14.7 Å². The molecule has 16 heavy (non-hydrogen) atoms. The van der Waals surface area contributed by atoms with Gasteiger partial charge in [-0.3, -0.25) is 0 Å². The maximum Gasteiger partial charge on any atom is 0.257 e. The van der Waals surface area contributed by atoms with Crippen LogP contribution in [0.4, 0.5) is 0 Å². The van der Waals surface area contributed by atoms with Crippen LogP contribution in [-0.2, 0) is 10.0 Å². The summed E-state index contributed by atoms with van der Waals surface area (Å²) in [7, 11) is -3.48. The number of unbranched alkanes of at least 4 members (excludes halogenated alkanes) is 2. The molecule has 0 spiro atoms. The topological polar surface area (TPSA) is 98.6 Å². The van der Waals surface area contributed by atoms with Crippen LogP contribution >= 0.6 is 0 Å². The lowest BCUT2D eigenvalue weighted by Gasteiger charge is -2.03. The van der Waals surface area contributed by atoms with Crippen molar-refractivity contribution in [2.45, 2.75) is 31.2 Å². The van der Waals surface area contributed by atoms with Crippen LogP contribution in [0.15, 0.2) is 11.2 Å². The van der Waals surface area contributed by atoms with E-state index < -0.39 is 10.0 Å². The summed E-state index contributed by atoms with van der Waals surface area (Å²) in [4.78, 5) is 6.48. The molecule has 1 heterocycles. The molecule has 7 heteroatoms. The molecule has 1 aromatic rings. The van der Waals surface area contributed by atoms with Crippen LogP contribution in [0.25, 0.3) is 0 Å². The molecule has 0 saturated carbocycles. The van der Waals surface area contributed by atoms with E-state index in [-0.39, 0.29) is 5.03 Å². The molecular weight excluding hydrogens is 228 g/mol. The van der Waals surface area contributed by atoms with Crippen molar-refractivity contribution in [3.05, 3.63) is 12.0 Å². The molecule has 1 rings (SSSR count). The van der Waals surface area contributed by atoms with E-state index in [0.29, 0.717) is 31.6 Å². The van der Waals surface area contributed by atoms with E-state index in [1.807, 2.05) is 6.07 Å². The average Bonchev–Trinajstić information content (AvgIpc) is 2.65. The lowest BCUT2D eigenvalue weighted by atomic mass is 10.2. The molecule has 0 aliphatic rings. The Balaban J connectivity index is 2.45. The molecule has 0 unspecified atom stereocenters. The van der Waals surface area contributed by atoms with Crippen LogP contribution in [-0.4, -0.2) is 24.9 Å². The van der Waals surface area contributed by atoms with E-state index in [2.05, 4.69) is 14.7 Å². The van der Waals surface area contributed by atoms with Gasteiger partial charge in [-0.1, -0.05) is 0 Å². The van der Waals surface area contributed by atoms with Gasteiger partial charge in [-0.05, 0) is 19.8 Å². The Hall–Kier alpha value is -1.39. The second kappa shape index (κ2) is 5.63. The summed E-state index contributed by atoms with van der Waals surface area (Å²) in [6, 6.07) is 2.01. The molecule has 0 aliphatic carbocycles. The summed E-state index contributed by atoms with van der Waals surface area (Å²) >= 11 is 0. The van der Waals surface area contributed by atoms with Crippen molar-refractivity contribution in [3.8, 4) is 6.07 Å². The Morgan fingerprint density at radius 3 is 2.88 bits per heavy atom. The highest BCUT2D eigenvalue weighted by Crippen LogP contribution is 2.04. The molecule has 1 aromatic heterocycles. The maximum absolute atomic E-state index is 11.6. The van der Waals surface area contributed by atoms with E-state index in [9.17, 15) is 8.42 Å². The van der Waals surface area contributed by atoms with E-state index in [0.717, 1.165) is 0 Å². The van der Waals surface area contributed by atoms with Crippen LogP contribution in [0.1, 0.15) is 25.1 Å². The molecule has 6 nitrogen and oxygen atoms in total. The molecule has 0 fully saturated rings. The number of imidazole rings is 1. The summed E-state index contributed by atoms with van der Waals surface area (Å²) in [6.07, 6.45) is 3.08. The lowest BCUT2D eigenvalue weighted by molar-refractivity contribution is 0.574. The first-order valence-electron chi connectivity index (χ1n) is 4.94. The normalized spacial score (nSPS) is 11.2. The third-order valence-electron chi connectivity index (χ3n) is 1.98. The maximum atomic E-state index is 11.6. The van der Waals surface area contributed by atoms with Crippen LogP contribution < -0.4 is 4.72 Å². The Labute approximate surface area is 94.8 Å². The van der Waals surface area contributed by atoms with Gasteiger partial charge in [-0.25, -0.2) is 18.1 Å². The van der Waals surface area contributed by atoms with Gasteiger partial charge in [0.2, 0.25) is 0 Å². The monoisotopic (exact) mass is 242 g/mol. The van der Waals surface area contributed by atoms with E-state index in [1.165, 1.54) is 6.20 Å². The Morgan fingerprint density at radius 1 is 1.56 bits per heavy atom. The first-order chi connectivity index (χ1) is 7.56. The molecular formula is C9H14N4O2S. The SMILES string of the molecule is Cc1ncc(S(=O)(=O)NCCCCC#N)[nH]1. The van der Waals surface area contributed by atoms with E-state index in [4.69, 9.17) is 5.26 Å². The standard InChI is InChI=1S/C9H14N4O2S/c1-8-11-7-9(13-8)16(14,15)12-6-4-2-3-5-10/h7,12H,2-4,6H2,1H3,(H,11,13). The predicted molar refractivity (Wildman–Crippen MR) is 58.0 cm³/mol. The zero-order valence-corrected chi connectivity index (χ0v) is 9.84. The van der Waals surface area contributed by atoms with E-state index >= 15 is 0 Å². The highest BCUT2D eigenvalue weighted by molar-refractivity contribution is 7.89. The van der Waals surface area contributed by atoms with Crippen molar-refractivity contribution >= 4 is 10.0 Å². The van der Waals surface area contributed by atoms with Gasteiger partial charge in [0.25, 0.3) is 10.0 Å². The van der Waals surface area contributed by atoms with Crippen molar-refractivity contribution in [2.75, 3.05) is 6.54 Å². The molecule has 0 aliphatic heterocycles. The largest absolute Gasteiger partial charge is 0.332 e.